The SMILES string of the molecule is CCNS(=O)(=O)c1ccccc1NC(CO)(CO)CO. The van der Waals surface area contributed by atoms with Crippen LogP contribution in [0.2, 0.25) is 0 Å². The van der Waals surface area contributed by atoms with Crippen LogP contribution < -0.4 is 10.0 Å². The average molecular weight is 304 g/mol. The maximum Gasteiger partial charge on any atom is 0.242 e. The molecular formula is C12H20N2O5S. The van der Waals surface area contributed by atoms with E-state index in [0.29, 0.717) is 0 Å². The van der Waals surface area contributed by atoms with Crippen LogP contribution in [0.25, 0.3) is 0 Å². The molecule has 0 aliphatic heterocycles. The molecule has 0 saturated carbocycles. The van der Waals surface area contributed by atoms with E-state index in [-0.39, 0.29) is 17.1 Å². The first-order valence-electron chi connectivity index (χ1n) is 6.14. The van der Waals surface area contributed by atoms with Gasteiger partial charge in [-0.2, -0.15) is 0 Å². The Labute approximate surface area is 118 Å². The molecule has 8 heteroatoms. The highest BCUT2D eigenvalue weighted by Gasteiger charge is 2.30. The van der Waals surface area contributed by atoms with E-state index in [0.717, 1.165) is 0 Å². The smallest absolute Gasteiger partial charge is 0.242 e. The molecule has 0 amide bonds. The molecule has 5 N–H and O–H groups in total. The number of anilines is 1. The molecule has 0 fully saturated rings. The van der Waals surface area contributed by atoms with Crippen molar-refractivity contribution in [2.75, 3.05) is 31.7 Å². The van der Waals surface area contributed by atoms with Gasteiger partial charge in [-0.05, 0) is 12.1 Å². The lowest BCUT2D eigenvalue weighted by molar-refractivity contribution is 0.0832. The molecule has 1 aromatic rings. The van der Waals surface area contributed by atoms with E-state index in [4.69, 9.17) is 0 Å². The number of benzene rings is 1. The third-order valence-corrected chi connectivity index (χ3v) is 4.42. The third kappa shape index (κ3) is 3.68. The second-order valence-electron chi connectivity index (χ2n) is 4.38. The Morgan fingerprint density at radius 3 is 2.15 bits per heavy atom. The fourth-order valence-corrected chi connectivity index (χ4v) is 2.83. The Bertz CT molecular complexity index is 520. The summed E-state index contributed by atoms with van der Waals surface area (Å²) < 4.78 is 26.5. The maximum absolute atomic E-state index is 12.1. The highest BCUT2D eigenvalue weighted by Crippen LogP contribution is 2.24. The fourth-order valence-electron chi connectivity index (χ4n) is 1.63. The zero-order valence-electron chi connectivity index (χ0n) is 11.2. The minimum atomic E-state index is -3.70. The zero-order valence-corrected chi connectivity index (χ0v) is 12.0. The van der Waals surface area contributed by atoms with E-state index in [9.17, 15) is 23.7 Å². The number of hydrogen-bond acceptors (Lipinski definition) is 6. The van der Waals surface area contributed by atoms with Crippen LogP contribution in [-0.2, 0) is 10.0 Å². The van der Waals surface area contributed by atoms with Crippen molar-refractivity contribution in [1.82, 2.24) is 4.72 Å². The topological polar surface area (TPSA) is 119 Å². The number of sulfonamides is 1. The van der Waals surface area contributed by atoms with Gasteiger partial charge >= 0.3 is 0 Å². The van der Waals surface area contributed by atoms with E-state index in [1.165, 1.54) is 12.1 Å². The van der Waals surface area contributed by atoms with Gasteiger partial charge in [0.25, 0.3) is 0 Å². The van der Waals surface area contributed by atoms with Crippen molar-refractivity contribution in [2.24, 2.45) is 0 Å². The Kier molecular flexibility index (Phi) is 5.90. The van der Waals surface area contributed by atoms with Crippen LogP contribution in [0.4, 0.5) is 5.69 Å². The van der Waals surface area contributed by atoms with Crippen molar-refractivity contribution in [1.29, 1.82) is 0 Å². The highest BCUT2D eigenvalue weighted by molar-refractivity contribution is 7.89. The normalized spacial score (nSPS) is 12.4. The van der Waals surface area contributed by atoms with Crippen molar-refractivity contribution in [3.63, 3.8) is 0 Å². The van der Waals surface area contributed by atoms with Crippen LogP contribution in [0, 0.1) is 0 Å². The van der Waals surface area contributed by atoms with E-state index in [2.05, 4.69) is 10.0 Å². The van der Waals surface area contributed by atoms with Gasteiger partial charge in [0.15, 0.2) is 0 Å². The van der Waals surface area contributed by atoms with Crippen molar-refractivity contribution in [3.8, 4) is 0 Å². The van der Waals surface area contributed by atoms with Gasteiger partial charge in [-0.1, -0.05) is 19.1 Å². The van der Waals surface area contributed by atoms with Gasteiger partial charge < -0.3 is 20.6 Å². The molecule has 0 aromatic heterocycles. The van der Waals surface area contributed by atoms with Gasteiger partial charge in [-0.3, -0.25) is 0 Å². The zero-order chi connectivity index (χ0) is 15.2. The summed E-state index contributed by atoms with van der Waals surface area (Å²) in [6.45, 7) is 0.260. The predicted octanol–water partition coefficient (Wildman–Crippen LogP) is -0.888. The summed E-state index contributed by atoms with van der Waals surface area (Å²) in [6, 6.07) is 6.08. The molecule has 0 bridgehead atoms. The number of nitrogens with one attached hydrogen (secondary N) is 2. The van der Waals surface area contributed by atoms with Gasteiger partial charge in [0.1, 0.15) is 10.4 Å². The van der Waals surface area contributed by atoms with Crippen LogP contribution in [0.5, 0.6) is 0 Å². The van der Waals surface area contributed by atoms with Gasteiger partial charge in [-0.25, -0.2) is 13.1 Å². The standard InChI is InChI=1S/C12H20N2O5S/c1-2-13-20(18,19)11-6-4-3-5-10(11)14-12(7-15,8-16)9-17/h3-6,13-17H,2,7-9H2,1H3. The molecule has 0 unspecified atom stereocenters. The summed E-state index contributed by atoms with van der Waals surface area (Å²) in [5.41, 5.74) is -1.19. The van der Waals surface area contributed by atoms with Gasteiger partial charge in [-0.15, -0.1) is 0 Å². The van der Waals surface area contributed by atoms with Gasteiger partial charge in [0, 0.05) is 6.54 Å². The minimum Gasteiger partial charge on any atom is -0.394 e. The van der Waals surface area contributed by atoms with Gasteiger partial charge in [0.05, 0.1) is 25.5 Å². The lowest BCUT2D eigenvalue weighted by Crippen LogP contribution is -2.49. The van der Waals surface area contributed by atoms with Crippen molar-refractivity contribution < 1.29 is 23.7 Å². The molecule has 0 spiro atoms. The third-order valence-electron chi connectivity index (χ3n) is 2.82. The van der Waals surface area contributed by atoms with Crippen LogP contribution >= 0.6 is 0 Å². The average Bonchev–Trinajstić information content (AvgIpc) is 2.45. The Balaban J connectivity index is 3.21. The monoisotopic (exact) mass is 304 g/mol. The Morgan fingerprint density at radius 2 is 1.65 bits per heavy atom. The second-order valence-corrected chi connectivity index (χ2v) is 6.11. The van der Waals surface area contributed by atoms with Crippen LogP contribution in [0.3, 0.4) is 0 Å². The molecule has 1 aromatic carbocycles. The molecular weight excluding hydrogens is 284 g/mol. The summed E-state index contributed by atoms with van der Waals surface area (Å²) in [6.07, 6.45) is 0. The fraction of sp³-hybridized carbons (Fsp3) is 0.500. The molecule has 7 nitrogen and oxygen atoms in total. The minimum absolute atomic E-state index is 0.0124. The first-order valence-corrected chi connectivity index (χ1v) is 7.62. The van der Waals surface area contributed by atoms with Crippen molar-refractivity contribution >= 4 is 15.7 Å². The number of para-hydroxylation sites is 1. The molecule has 0 radical (unpaired) electrons. The van der Waals surface area contributed by atoms with E-state index >= 15 is 0 Å². The lowest BCUT2D eigenvalue weighted by atomic mass is 10.0. The first kappa shape index (κ1) is 16.9. The number of aliphatic hydroxyl groups is 3. The number of rotatable bonds is 8. The van der Waals surface area contributed by atoms with Gasteiger partial charge in [0.2, 0.25) is 10.0 Å². The molecule has 0 aliphatic carbocycles. The van der Waals surface area contributed by atoms with Crippen LogP contribution in [-0.4, -0.2) is 55.6 Å². The summed E-state index contributed by atoms with van der Waals surface area (Å²) in [5.74, 6) is 0. The van der Waals surface area contributed by atoms with E-state index in [1.807, 2.05) is 0 Å². The second kappa shape index (κ2) is 7.00. The molecule has 1 rings (SSSR count). The molecule has 0 saturated heterocycles. The summed E-state index contributed by atoms with van der Waals surface area (Å²) in [7, 11) is -3.70. The first-order chi connectivity index (χ1) is 9.44. The lowest BCUT2D eigenvalue weighted by Gasteiger charge is -2.30. The molecule has 20 heavy (non-hydrogen) atoms. The molecule has 0 atom stereocenters. The molecule has 0 heterocycles. The Hall–Kier alpha value is -1.19. The maximum atomic E-state index is 12.1. The molecule has 114 valence electrons. The summed E-state index contributed by atoms with van der Waals surface area (Å²) in [4.78, 5) is -0.0124. The quantitative estimate of drug-likeness (QED) is 0.425. The number of aliphatic hydroxyl groups excluding tert-OH is 3. The van der Waals surface area contributed by atoms with Crippen LogP contribution in [0.1, 0.15) is 6.92 Å². The van der Waals surface area contributed by atoms with Crippen molar-refractivity contribution in [3.05, 3.63) is 24.3 Å². The van der Waals surface area contributed by atoms with Crippen molar-refractivity contribution in [2.45, 2.75) is 17.4 Å². The number of hydrogen-bond donors (Lipinski definition) is 5. The van der Waals surface area contributed by atoms with E-state index in [1.54, 1.807) is 19.1 Å². The molecule has 0 aliphatic rings. The predicted molar refractivity (Wildman–Crippen MR) is 74.9 cm³/mol. The summed E-state index contributed by atoms with van der Waals surface area (Å²) in [5, 5.41) is 30.6. The summed E-state index contributed by atoms with van der Waals surface area (Å²) >= 11 is 0. The van der Waals surface area contributed by atoms with Crippen LogP contribution in [0.15, 0.2) is 29.2 Å². The largest absolute Gasteiger partial charge is 0.394 e. The van der Waals surface area contributed by atoms with E-state index < -0.39 is 35.4 Å². The highest BCUT2D eigenvalue weighted by atomic mass is 32.2. The Morgan fingerprint density at radius 1 is 1.10 bits per heavy atom.